The molecule has 1 aromatic rings. The van der Waals surface area contributed by atoms with Crippen molar-refractivity contribution < 1.29 is 14.2 Å². The zero-order valence-corrected chi connectivity index (χ0v) is 11.5. The number of aliphatic hydroxyl groups excluding tert-OH is 1. The van der Waals surface area contributed by atoms with Crippen molar-refractivity contribution in [1.29, 1.82) is 0 Å². The van der Waals surface area contributed by atoms with E-state index >= 15 is 0 Å². The van der Waals surface area contributed by atoms with E-state index in [4.69, 9.17) is 4.74 Å². The van der Waals surface area contributed by atoms with Crippen LogP contribution in [0, 0.1) is 11.8 Å². The first kappa shape index (κ1) is 14.9. The highest BCUT2D eigenvalue weighted by Gasteiger charge is 2.52. The molecule has 0 radical (unpaired) electrons. The molecule has 0 amide bonds. The molecular weight excluding hydrogens is 267 g/mol. The van der Waals surface area contributed by atoms with Gasteiger partial charge in [0.05, 0.1) is 6.61 Å². The molecule has 1 fully saturated rings. The van der Waals surface area contributed by atoms with Crippen LogP contribution in [0.5, 0.6) is 0 Å². The lowest BCUT2D eigenvalue weighted by molar-refractivity contribution is -0.102. The second kappa shape index (κ2) is 5.49. The van der Waals surface area contributed by atoms with Gasteiger partial charge in [0.1, 0.15) is 18.5 Å². The SMILES string of the molecule is CC[C@@]1(CF)O[C@@H](n2ccc(=O)[nH]c2=O)[C@@H](CO)[C@@H]1C. The third-order valence-corrected chi connectivity index (χ3v) is 4.35. The molecule has 2 N–H and O–H groups in total. The summed E-state index contributed by atoms with van der Waals surface area (Å²) >= 11 is 0. The van der Waals surface area contributed by atoms with Crippen molar-refractivity contribution in [1.82, 2.24) is 9.55 Å². The maximum Gasteiger partial charge on any atom is 0.330 e. The van der Waals surface area contributed by atoms with Gasteiger partial charge in [-0.1, -0.05) is 13.8 Å². The highest BCUT2D eigenvalue weighted by Crippen LogP contribution is 2.47. The van der Waals surface area contributed by atoms with Gasteiger partial charge in [-0.05, 0) is 12.3 Å². The van der Waals surface area contributed by atoms with E-state index in [1.165, 1.54) is 16.8 Å². The maximum atomic E-state index is 13.4. The van der Waals surface area contributed by atoms with Crippen LogP contribution in [-0.2, 0) is 4.74 Å². The number of hydrogen-bond acceptors (Lipinski definition) is 4. The molecule has 7 heteroatoms. The molecule has 4 atom stereocenters. The summed E-state index contributed by atoms with van der Waals surface area (Å²) in [7, 11) is 0. The van der Waals surface area contributed by atoms with E-state index < -0.39 is 35.7 Å². The third-order valence-electron chi connectivity index (χ3n) is 4.35. The van der Waals surface area contributed by atoms with Gasteiger partial charge >= 0.3 is 5.69 Å². The quantitative estimate of drug-likeness (QED) is 0.840. The molecule has 0 bridgehead atoms. The summed E-state index contributed by atoms with van der Waals surface area (Å²) in [5, 5.41) is 9.55. The van der Waals surface area contributed by atoms with Crippen LogP contribution in [0.25, 0.3) is 0 Å². The number of nitrogens with one attached hydrogen (secondary N) is 1. The number of aromatic nitrogens is 2. The molecule has 0 saturated carbocycles. The number of aliphatic hydroxyl groups is 1. The van der Waals surface area contributed by atoms with Gasteiger partial charge in [0, 0.05) is 18.2 Å². The average Bonchev–Trinajstić information content (AvgIpc) is 2.71. The summed E-state index contributed by atoms with van der Waals surface area (Å²) in [5.41, 5.74) is -2.14. The first-order chi connectivity index (χ1) is 9.49. The van der Waals surface area contributed by atoms with Gasteiger partial charge in [0.25, 0.3) is 5.56 Å². The molecule has 0 aromatic carbocycles. The number of aromatic amines is 1. The summed E-state index contributed by atoms with van der Waals surface area (Å²) < 4.78 is 20.4. The number of halogens is 1. The molecule has 2 rings (SSSR count). The fourth-order valence-corrected chi connectivity index (χ4v) is 2.86. The Labute approximate surface area is 115 Å². The predicted molar refractivity (Wildman–Crippen MR) is 70.2 cm³/mol. The summed E-state index contributed by atoms with van der Waals surface area (Å²) in [6.45, 7) is 2.71. The van der Waals surface area contributed by atoms with Crippen LogP contribution in [0.2, 0.25) is 0 Å². The van der Waals surface area contributed by atoms with E-state index in [0.717, 1.165) is 0 Å². The van der Waals surface area contributed by atoms with Crippen LogP contribution in [0.3, 0.4) is 0 Å². The fourth-order valence-electron chi connectivity index (χ4n) is 2.86. The van der Waals surface area contributed by atoms with Crippen molar-refractivity contribution in [2.75, 3.05) is 13.3 Å². The van der Waals surface area contributed by atoms with Gasteiger partial charge in [0.2, 0.25) is 0 Å². The highest BCUT2D eigenvalue weighted by atomic mass is 19.1. The van der Waals surface area contributed by atoms with E-state index in [2.05, 4.69) is 4.98 Å². The monoisotopic (exact) mass is 286 g/mol. The van der Waals surface area contributed by atoms with Crippen molar-refractivity contribution in [3.63, 3.8) is 0 Å². The Morgan fingerprint density at radius 2 is 2.25 bits per heavy atom. The molecule has 1 aromatic heterocycles. The first-order valence-electron chi connectivity index (χ1n) is 6.65. The van der Waals surface area contributed by atoms with Crippen LogP contribution in [0.15, 0.2) is 21.9 Å². The molecule has 20 heavy (non-hydrogen) atoms. The molecule has 112 valence electrons. The molecule has 2 heterocycles. The highest BCUT2D eigenvalue weighted by molar-refractivity contribution is 4.98. The Balaban J connectivity index is 2.46. The van der Waals surface area contributed by atoms with Crippen molar-refractivity contribution in [3.05, 3.63) is 33.1 Å². The standard InChI is InChI=1S/C13H19FN2O4/c1-3-13(7-14)8(2)9(6-17)11(20-13)16-5-4-10(18)15-12(16)19/h4-5,8-9,11,17H,3,6-7H2,1-2H3,(H,15,18,19)/t8-,9-,11+,13-/m0/s1. The molecule has 1 aliphatic rings. The van der Waals surface area contributed by atoms with Crippen LogP contribution >= 0.6 is 0 Å². The predicted octanol–water partition coefficient (Wildman–Crippen LogP) is 0.428. The molecular formula is C13H19FN2O4. The van der Waals surface area contributed by atoms with E-state index in [0.29, 0.717) is 6.42 Å². The van der Waals surface area contributed by atoms with Gasteiger partial charge in [0.15, 0.2) is 0 Å². The van der Waals surface area contributed by atoms with E-state index in [-0.39, 0.29) is 12.5 Å². The van der Waals surface area contributed by atoms with Crippen LogP contribution in [0.4, 0.5) is 4.39 Å². The van der Waals surface area contributed by atoms with Crippen molar-refractivity contribution in [3.8, 4) is 0 Å². The Hall–Kier alpha value is -1.47. The normalized spacial score (nSPS) is 33.5. The van der Waals surface area contributed by atoms with E-state index in [9.17, 15) is 19.1 Å². The minimum Gasteiger partial charge on any atom is -0.396 e. The first-order valence-corrected chi connectivity index (χ1v) is 6.65. The van der Waals surface area contributed by atoms with Crippen molar-refractivity contribution in [2.24, 2.45) is 11.8 Å². The Kier molecular flexibility index (Phi) is 4.10. The van der Waals surface area contributed by atoms with Gasteiger partial charge in [-0.25, -0.2) is 9.18 Å². The Morgan fingerprint density at radius 3 is 2.75 bits per heavy atom. The summed E-state index contributed by atoms with van der Waals surface area (Å²) in [6, 6.07) is 1.20. The average molecular weight is 286 g/mol. The number of H-pyrrole nitrogens is 1. The lowest BCUT2D eigenvalue weighted by Crippen LogP contribution is -2.37. The molecule has 0 spiro atoms. The Bertz CT molecular complexity index is 578. The zero-order valence-electron chi connectivity index (χ0n) is 11.5. The number of alkyl halides is 1. The van der Waals surface area contributed by atoms with E-state index in [1.807, 2.05) is 6.92 Å². The largest absolute Gasteiger partial charge is 0.396 e. The lowest BCUT2D eigenvalue weighted by Gasteiger charge is -2.29. The van der Waals surface area contributed by atoms with Gasteiger partial charge in [-0.3, -0.25) is 14.3 Å². The van der Waals surface area contributed by atoms with Crippen LogP contribution < -0.4 is 11.2 Å². The van der Waals surface area contributed by atoms with Crippen molar-refractivity contribution >= 4 is 0 Å². The molecule has 1 saturated heterocycles. The lowest BCUT2D eigenvalue weighted by atomic mass is 9.81. The molecule has 0 unspecified atom stereocenters. The molecule has 0 aliphatic carbocycles. The van der Waals surface area contributed by atoms with Gasteiger partial charge in [-0.15, -0.1) is 0 Å². The Morgan fingerprint density at radius 1 is 1.55 bits per heavy atom. The van der Waals surface area contributed by atoms with Crippen molar-refractivity contribution in [2.45, 2.75) is 32.1 Å². The fraction of sp³-hybridized carbons (Fsp3) is 0.692. The second-order valence-electron chi connectivity index (χ2n) is 5.21. The maximum absolute atomic E-state index is 13.4. The number of rotatable bonds is 4. The third kappa shape index (κ3) is 2.20. The van der Waals surface area contributed by atoms with E-state index in [1.54, 1.807) is 6.92 Å². The topological polar surface area (TPSA) is 84.3 Å². The number of ether oxygens (including phenoxy) is 1. The minimum absolute atomic E-state index is 0.223. The minimum atomic E-state index is -1.01. The van der Waals surface area contributed by atoms with Gasteiger partial charge in [-0.2, -0.15) is 0 Å². The second-order valence-corrected chi connectivity index (χ2v) is 5.21. The zero-order chi connectivity index (χ0) is 14.9. The molecule has 1 aliphatic heterocycles. The van der Waals surface area contributed by atoms with Crippen LogP contribution in [0.1, 0.15) is 26.5 Å². The smallest absolute Gasteiger partial charge is 0.330 e. The summed E-state index contributed by atoms with van der Waals surface area (Å²) in [5.74, 6) is -0.652. The van der Waals surface area contributed by atoms with Crippen LogP contribution in [-0.4, -0.2) is 33.5 Å². The number of nitrogens with zero attached hydrogens (tertiary/aromatic N) is 1. The summed E-state index contributed by atoms with van der Waals surface area (Å²) in [4.78, 5) is 25.1. The molecule has 6 nitrogen and oxygen atoms in total. The number of hydrogen-bond donors (Lipinski definition) is 2. The summed E-state index contributed by atoms with van der Waals surface area (Å²) in [6.07, 6.45) is 0.969. The van der Waals surface area contributed by atoms with Gasteiger partial charge < -0.3 is 9.84 Å².